The summed E-state index contributed by atoms with van der Waals surface area (Å²) in [6.45, 7) is -7.20. The maximum Gasteiger partial charge on any atom is 0.253 e. The highest BCUT2D eigenvalue weighted by atomic mass is 127. The van der Waals surface area contributed by atoms with Gasteiger partial charge in [-0.15, -0.1) is 0 Å². The first-order valence-electron chi connectivity index (χ1n) is 18.2. The molecule has 0 bridgehead atoms. The van der Waals surface area contributed by atoms with Crippen molar-refractivity contribution in [3.63, 3.8) is 0 Å². The lowest BCUT2D eigenvalue weighted by molar-refractivity contribution is -0.121. The number of hydrogen-bond donors (Lipinski definition) is 14. The maximum atomic E-state index is 13.7. The van der Waals surface area contributed by atoms with E-state index in [1.54, 1.807) is 136 Å². The molecule has 6 amide bonds. The molecule has 0 unspecified atom stereocenters. The third-order valence-corrected chi connectivity index (χ3v) is 14.9. The predicted molar refractivity (Wildman–Crippen MR) is 274 cm³/mol. The zero-order valence-corrected chi connectivity index (χ0v) is 45.5. The van der Waals surface area contributed by atoms with Gasteiger partial charge in [0.05, 0.1) is 98.8 Å². The lowest BCUT2D eigenvalue weighted by Gasteiger charge is -2.30. The predicted octanol–water partition coefficient (Wildman–Crippen LogP) is -2.61. The molecule has 0 aromatic heterocycles. The van der Waals surface area contributed by atoms with Crippen molar-refractivity contribution in [2.24, 2.45) is 0 Å². The monoisotopic (exact) mass is 1570 g/mol. The van der Waals surface area contributed by atoms with Gasteiger partial charge in [0.2, 0.25) is 0 Å². The number of halogens is 6. The van der Waals surface area contributed by atoms with Gasteiger partial charge in [0.15, 0.2) is 0 Å². The van der Waals surface area contributed by atoms with E-state index in [4.69, 9.17) is 0 Å². The molecular weight excluding hydrogens is 1520 g/mol. The van der Waals surface area contributed by atoms with Crippen molar-refractivity contribution in [3.05, 3.63) is 43.7 Å². The van der Waals surface area contributed by atoms with Gasteiger partial charge in [0, 0.05) is 46.4 Å². The molecule has 28 heteroatoms. The topological polar surface area (TPSA) is 359 Å². The van der Waals surface area contributed by atoms with Crippen LogP contribution < -0.4 is 31.1 Å². The molecule has 4 atom stereocenters. The van der Waals surface area contributed by atoms with Crippen LogP contribution in [0.15, 0.2) is 0 Å². The maximum absolute atomic E-state index is 13.7. The largest absolute Gasteiger partial charge is 0.394 e. The average Bonchev–Trinajstić information content (AvgIpc) is 3.26. The van der Waals surface area contributed by atoms with Crippen LogP contribution in [0.5, 0.6) is 0 Å². The van der Waals surface area contributed by atoms with Crippen molar-refractivity contribution < 1.29 is 79.8 Å². The first-order valence-corrected chi connectivity index (χ1v) is 24.7. The number of rotatable bonds is 24. The molecule has 352 valence electrons. The van der Waals surface area contributed by atoms with Crippen molar-refractivity contribution in [2.75, 3.05) is 88.7 Å². The molecule has 0 fully saturated rings. The smallest absolute Gasteiger partial charge is 0.253 e. The number of carbonyl (C=O) groups excluding carboxylic acids is 6. The second-order valence-electron chi connectivity index (χ2n) is 13.0. The number of anilines is 2. The number of amides is 6. The summed E-state index contributed by atoms with van der Waals surface area (Å²) < 4.78 is 0.542. The minimum absolute atomic E-state index is 0.0390. The Hall–Kier alpha value is -0.760. The number of hydrogen-bond acceptors (Lipinski definition) is 16. The summed E-state index contributed by atoms with van der Waals surface area (Å²) in [5, 5.41) is 107. The standard InChI is InChI=1S/C35H44I6N6O16/c36-24-20(32(60)42-4-14(54)8-48)26(38)30(27(39)21(24)33(61)43-5-15(55)9-49)46(18(58)12-52)2-1-3-47(19(59)13-53)31-28(40)22(34(62)44-6-16(56)10-50)25(37)23(29(31)41)35(63)45-7-17(57)11-51/h14-17,48-57H,1-13H2,(H,42,60)(H,43,61)(H,44,62)(H,45,63)/t14-,15-,16-,17-/m1/s1. The fourth-order valence-corrected chi connectivity index (χ4v) is 14.8. The van der Waals surface area contributed by atoms with Gasteiger partial charge in [0.1, 0.15) is 13.2 Å². The minimum Gasteiger partial charge on any atom is -0.394 e. The molecule has 22 nitrogen and oxygen atoms in total. The highest BCUT2D eigenvalue weighted by Gasteiger charge is 2.35. The van der Waals surface area contributed by atoms with Crippen LogP contribution in [-0.2, 0) is 9.59 Å². The molecule has 0 aliphatic carbocycles. The van der Waals surface area contributed by atoms with E-state index in [0.29, 0.717) is 0 Å². The zero-order valence-electron chi connectivity index (χ0n) is 32.6. The summed E-state index contributed by atoms with van der Waals surface area (Å²) in [6, 6.07) is 0. The first kappa shape index (κ1) is 58.4. The van der Waals surface area contributed by atoms with Crippen molar-refractivity contribution in [1.29, 1.82) is 0 Å². The third-order valence-electron chi connectivity index (χ3n) is 8.51. The Kier molecular flexibility index (Phi) is 26.4. The summed E-state index contributed by atoms with van der Waals surface area (Å²) in [5.74, 6) is -5.16. The van der Waals surface area contributed by atoms with E-state index in [-0.39, 0.29) is 74.6 Å². The summed E-state index contributed by atoms with van der Waals surface area (Å²) in [6.07, 6.45) is -5.56. The normalized spacial score (nSPS) is 13.1. The molecule has 14 N–H and O–H groups in total. The van der Waals surface area contributed by atoms with E-state index in [2.05, 4.69) is 21.3 Å². The van der Waals surface area contributed by atoms with Gasteiger partial charge >= 0.3 is 0 Å². The second kappa shape index (κ2) is 28.5. The molecule has 63 heavy (non-hydrogen) atoms. The van der Waals surface area contributed by atoms with Gasteiger partial charge in [-0.25, -0.2) is 0 Å². The van der Waals surface area contributed by atoms with Crippen LogP contribution >= 0.6 is 136 Å². The van der Waals surface area contributed by atoms with E-state index in [9.17, 15) is 79.8 Å². The van der Waals surface area contributed by atoms with E-state index in [1.165, 1.54) is 0 Å². The molecule has 2 aromatic rings. The van der Waals surface area contributed by atoms with Gasteiger partial charge in [-0.3, -0.25) is 28.8 Å². The van der Waals surface area contributed by atoms with Gasteiger partial charge < -0.3 is 82.1 Å². The number of carbonyl (C=O) groups is 6. The van der Waals surface area contributed by atoms with Gasteiger partial charge in [-0.1, -0.05) is 0 Å². The Morgan fingerprint density at radius 1 is 0.413 bits per heavy atom. The molecule has 0 aliphatic heterocycles. The molecular formula is C35H44I6N6O16. The van der Waals surface area contributed by atoms with Crippen LogP contribution in [0.4, 0.5) is 11.4 Å². The Morgan fingerprint density at radius 2 is 0.635 bits per heavy atom. The second-order valence-corrected chi connectivity index (χ2v) is 19.5. The Bertz CT molecular complexity index is 1760. The minimum atomic E-state index is -1.35. The Morgan fingerprint density at radius 3 is 0.825 bits per heavy atom. The highest BCUT2D eigenvalue weighted by molar-refractivity contribution is 14.1. The SMILES string of the molecule is O=C(NC[C@@H](O)CO)c1c(I)c(C(=O)NC[C@@H](O)CO)c(I)c(N(CCCN(C(=O)CO)c2c(I)c(C(=O)NC[C@@H](O)CO)c(I)c(C(=O)NC[C@@H](O)CO)c2I)C(=O)CO)c1I. The fraction of sp³-hybridized carbons (Fsp3) is 0.486. The molecule has 2 aromatic carbocycles. The highest BCUT2D eigenvalue weighted by Crippen LogP contribution is 2.40. The molecule has 0 heterocycles. The van der Waals surface area contributed by atoms with Crippen molar-refractivity contribution in [3.8, 4) is 0 Å². The average molecular weight is 1570 g/mol. The van der Waals surface area contributed by atoms with Crippen LogP contribution in [-0.4, -0.2) is 190 Å². The van der Waals surface area contributed by atoms with Crippen molar-refractivity contribution in [2.45, 2.75) is 30.8 Å². The lowest BCUT2D eigenvalue weighted by atomic mass is 10.1. The van der Waals surface area contributed by atoms with E-state index in [1.807, 2.05) is 0 Å². The van der Waals surface area contributed by atoms with Crippen LogP contribution in [0.1, 0.15) is 47.9 Å². The number of nitrogens with zero attached hydrogens (tertiary/aromatic N) is 2. The number of benzene rings is 2. The van der Waals surface area contributed by atoms with Crippen molar-refractivity contribution in [1.82, 2.24) is 21.3 Å². The van der Waals surface area contributed by atoms with Gasteiger partial charge in [0.25, 0.3) is 35.4 Å². The summed E-state index contributed by atoms with van der Waals surface area (Å²) in [4.78, 5) is 84.0. The summed E-state index contributed by atoms with van der Waals surface area (Å²) >= 11 is 10.5. The summed E-state index contributed by atoms with van der Waals surface area (Å²) in [7, 11) is 0. The number of aliphatic hydroxyl groups excluding tert-OH is 10. The van der Waals surface area contributed by atoms with E-state index < -0.39 is 126 Å². The summed E-state index contributed by atoms with van der Waals surface area (Å²) in [5.41, 5.74) is -0.652. The lowest BCUT2D eigenvalue weighted by Crippen LogP contribution is -2.42. The van der Waals surface area contributed by atoms with Gasteiger partial charge in [-0.05, 0) is 142 Å². The molecule has 0 spiro atoms. The molecule has 0 radical (unpaired) electrons. The van der Waals surface area contributed by atoms with E-state index >= 15 is 0 Å². The van der Waals surface area contributed by atoms with Crippen LogP contribution in [0.25, 0.3) is 0 Å². The quantitative estimate of drug-likeness (QED) is 0.0479. The van der Waals surface area contributed by atoms with Crippen molar-refractivity contribution >= 4 is 182 Å². The van der Waals surface area contributed by atoms with Crippen LogP contribution in [0, 0.1) is 21.4 Å². The number of nitrogens with one attached hydrogen (secondary N) is 4. The van der Waals surface area contributed by atoms with E-state index in [0.717, 1.165) is 9.80 Å². The zero-order chi connectivity index (χ0) is 47.9. The molecule has 2 rings (SSSR count). The first-order chi connectivity index (χ1) is 29.7. The molecule has 0 saturated carbocycles. The molecule has 0 saturated heterocycles. The Balaban J connectivity index is 2.86. The number of aliphatic hydroxyl groups is 10. The van der Waals surface area contributed by atoms with Gasteiger partial charge in [-0.2, -0.15) is 0 Å². The molecule has 0 aliphatic rings. The Labute approximate surface area is 441 Å². The third kappa shape index (κ3) is 15.6. The fourth-order valence-electron chi connectivity index (χ4n) is 5.31. The van der Waals surface area contributed by atoms with Crippen LogP contribution in [0.2, 0.25) is 0 Å². The van der Waals surface area contributed by atoms with Crippen LogP contribution in [0.3, 0.4) is 0 Å².